The van der Waals surface area contributed by atoms with Gasteiger partial charge in [0.05, 0.1) is 5.75 Å². The van der Waals surface area contributed by atoms with Crippen LogP contribution >= 0.6 is 0 Å². The zero-order valence-electron chi connectivity index (χ0n) is 18.9. The first-order valence-electron chi connectivity index (χ1n) is 10.7. The van der Waals surface area contributed by atoms with E-state index in [1.165, 1.54) is 18.3 Å². The lowest BCUT2D eigenvalue weighted by Gasteiger charge is -2.21. The van der Waals surface area contributed by atoms with Gasteiger partial charge in [-0.2, -0.15) is 0 Å². The van der Waals surface area contributed by atoms with Crippen LogP contribution in [0.25, 0.3) is 11.1 Å². The number of pyridine rings is 1. The number of amides is 1. The Balaban J connectivity index is 1.95. The number of aliphatic carboxylic acids is 1. The fraction of sp³-hybridized carbons (Fsp3) is 0.240. The maximum atomic E-state index is 13.1. The van der Waals surface area contributed by atoms with Gasteiger partial charge in [0.25, 0.3) is 5.91 Å². The van der Waals surface area contributed by atoms with Crippen LogP contribution in [0.4, 0.5) is 0 Å². The molecule has 1 aromatic heterocycles. The van der Waals surface area contributed by atoms with E-state index in [9.17, 15) is 33.3 Å². The van der Waals surface area contributed by atoms with E-state index >= 15 is 0 Å². The number of rotatable bonds is 10. The molecule has 10 heteroatoms. The molecular weight excluding hydrogens is 472 g/mol. The Hall–Kier alpha value is -3.60. The first-order chi connectivity index (χ1) is 16.6. The van der Waals surface area contributed by atoms with Crippen molar-refractivity contribution in [1.82, 2.24) is 10.3 Å². The molecule has 3 rings (SSSR count). The number of benzene rings is 2. The number of nitrogens with zero attached hydrogens (tertiary/aromatic N) is 1. The molecule has 0 bridgehead atoms. The minimum absolute atomic E-state index is 0.133. The average Bonchev–Trinajstić information content (AvgIpc) is 2.85. The largest absolute Gasteiger partial charge is 0.480 e. The van der Waals surface area contributed by atoms with Gasteiger partial charge < -0.3 is 20.6 Å². The Morgan fingerprint density at radius 3 is 2.26 bits per heavy atom. The van der Waals surface area contributed by atoms with Crippen LogP contribution in [0.5, 0.6) is 0 Å². The molecule has 0 aliphatic carbocycles. The van der Waals surface area contributed by atoms with Gasteiger partial charge in [-0.1, -0.05) is 42.5 Å². The number of carbonyl (C=O) groups excluding carboxylic acids is 1. The van der Waals surface area contributed by atoms with Gasteiger partial charge in [0.15, 0.2) is 0 Å². The standard InChI is InChI=1S/C25H26N2O7S/c1-35(33,34)13-11-21(25(31)32)27-24(30)19-10-9-17(14-20(19)16-6-3-2-4-7-16)22(28)23(29)18-8-5-12-26-15-18/h2-10,12,14-15,21-23,28-29H,11,13H2,1H3,(H,27,30)(H,31,32)/t21-,22?,23?/m0/s1. The third kappa shape index (κ3) is 6.95. The van der Waals surface area contributed by atoms with E-state index in [1.807, 2.05) is 0 Å². The molecule has 0 aliphatic heterocycles. The number of nitrogens with one attached hydrogen (secondary N) is 1. The minimum Gasteiger partial charge on any atom is -0.480 e. The molecule has 1 heterocycles. The molecule has 0 saturated heterocycles. The molecule has 0 radical (unpaired) electrons. The van der Waals surface area contributed by atoms with E-state index in [2.05, 4.69) is 10.3 Å². The number of carboxylic acid groups (broad SMARTS) is 1. The highest BCUT2D eigenvalue weighted by Crippen LogP contribution is 2.33. The molecule has 184 valence electrons. The van der Waals surface area contributed by atoms with Gasteiger partial charge in [0.1, 0.15) is 28.1 Å². The van der Waals surface area contributed by atoms with Crippen LogP contribution in [0, 0.1) is 0 Å². The lowest BCUT2D eigenvalue weighted by molar-refractivity contribution is -0.139. The summed E-state index contributed by atoms with van der Waals surface area (Å²) in [5.41, 5.74) is 1.92. The third-order valence-corrected chi connectivity index (χ3v) is 6.40. The van der Waals surface area contributed by atoms with Crippen LogP contribution in [-0.4, -0.2) is 58.6 Å². The van der Waals surface area contributed by atoms with E-state index in [0.29, 0.717) is 22.3 Å². The first-order valence-corrected chi connectivity index (χ1v) is 12.8. The number of carbonyl (C=O) groups is 2. The van der Waals surface area contributed by atoms with E-state index in [-0.39, 0.29) is 12.0 Å². The summed E-state index contributed by atoms with van der Waals surface area (Å²) >= 11 is 0. The summed E-state index contributed by atoms with van der Waals surface area (Å²) in [5.74, 6) is -2.46. The van der Waals surface area contributed by atoms with Crippen LogP contribution in [0.2, 0.25) is 0 Å². The monoisotopic (exact) mass is 498 g/mol. The quantitative estimate of drug-likeness (QED) is 0.332. The maximum Gasteiger partial charge on any atom is 0.326 e. The van der Waals surface area contributed by atoms with Crippen LogP contribution in [0.3, 0.4) is 0 Å². The number of aliphatic hydroxyl groups is 2. The van der Waals surface area contributed by atoms with E-state index in [1.54, 1.807) is 54.7 Å². The smallest absolute Gasteiger partial charge is 0.326 e. The van der Waals surface area contributed by atoms with E-state index < -0.39 is 45.7 Å². The lowest BCUT2D eigenvalue weighted by Crippen LogP contribution is -2.42. The number of aromatic nitrogens is 1. The Labute approximate surface area is 203 Å². The summed E-state index contributed by atoms with van der Waals surface area (Å²) in [6, 6.07) is 15.1. The second-order valence-electron chi connectivity index (χ2n) is 8.13. The zero-order valence-corrected chi connectivity index (χ0v) is 19.7. The zero-order chi connectivity index (χ0) is 25.6. The van der Waals surface area contributed by atoms with Gasteiger partial charge in [-0.3, -0.25) is 9.78 Å². The summed E-state index contributed by atoms with van der Waals surface area (Å²) in [6.07, 6.45) is 1.11. The van der Waals surface area contributed by atoms with Crippen molar-refractivity contribution in [3.63, 3.8) is 0 Å². The highest BCUT2D eigenvalue weighted by atomic mass is 32.2. The molecule has 0 fully saturated rings. The molecule has 2 aromatic carbocycles. The number of hydrogen-bond acceptors (Lipinski definition) is 7. The highest BCUT2D eigenvalue weighted by molar-refractivity contribution is 7.90. The Morgan fingerprint density at radius 2 is 1.66 bits per heavy atom. The Bertz CT molecular complexity index is 1280. The van der Waals surface area contributed by atoms with Gasteiger partial charge in [0.2, 0.25) is 0 Å². The second-order valence-corrected chi connectivity index (χ2v) is 10.4. The fourth-order valence-corrected chi connectivity index (χ4v) is 4.21. The molecule has 1 amide bonds. The van der Waals surface area contributed by atoms with Crippen molar-refractivity contribution < 1.29 is 33.3 Å². The molecule has 0 spiro atoms. The molecule has 9 nitrogen and oxygen atoms in total. The summed E-state index contributed by atoms with van der Waals surface area (Å²) in [6.45, 7) is 0. The average molecular weight is 499 g/mol. The summed E-state index contributed by atoms with van der Waals surface area (Å²) < 4.78 is 22.9. The Morgan fingerprint density at radius 1 is 0.971 bits per heavy atom. The highest BCUT2D eigenvalue weighted by Gasteiger charge is 2.26. The van der Waals surface area contributed by atoms with Crippen molar-refractivity contribution in [2.45, 2.75) is 24.7 Å². The van der Waals surface area contributed by atoms with Crippen molar-refractivity contribution in [1.29, 1.82) is 0 Å². The molecule has 2 unspecified atom stereocenters. The van der Waals surface area contributed by atoms with Crippen molar-refractivity contribution in [2.75, 3.05) is 12.0 Å². The molecule has 3 atom stereocenters. The number of sulfone groups is 1. The van der Waals surface area contributed by atoms with Crippen molar-refractivity contribution in [2.24, 2.45) is 0 Å². The summed E-state index contributed by atoms with van der Waals surface area (Å²) in [4.78, 5) is 28.6. The molecule has 35 heavy (non-hydrogen) atoms. The molecule has 0 saturated carbocycles. The van der Waals surface area contributed by atoms with E-state index in [0.717, 1.165) is 6.26 Å². The maximum absolute atomic E-state index is 13.1. The molecule has 0 aliphatic rings. The van der Waals surface area contributed by atoms with Gasteiger partial charge in [-0.15, -0.1) is 0 Å². The number of carboxylic acids is 1. The molecule has 3 aromatic rings. The van der Waals surface area contributed by atoms with Gasteiger partial charge >= 0.3 is 5.97 Å². The summed E-state index contributed by atoms with van der Waals surface area (Å²) in [5, 5.41) is 33.3. The van der Waals surface area contributed by atoms with Crippen LogP contribution < -0.4 is 5.32 Å². The van der Waals surface area contributed by atoms with Crippen LogP contribution in [0.1, 0.15) is 40.1 Å². The number of aliphatic hydroxyl groups excluding tert-OH is 2. The number of hydrogen-bond donors (Lipinski definition) is 4. The topological polar surface area (TPSA) is 154 Å². The Kier molecular flexibility index (Phi) is 8.34. The molecule has 4 N–H and O–H groups in total. The first kappa shape index (κ1) is 26.0. The van der Waals surface area contributed by atoms with Gasteiger partial charge in [-0.05, 0) is 41.3 Å². The second kappa shape index (κ2) is 11.2. The van der Waals surface area contributed by atoms with Gasteiger partial charge in [-0.25, -0.2) is 13.2 Å². The predicted octanol–water partition coefficient (Wildman–Crippen LogP) is 2.13. The predicted molar refractivity (Wildman–Crippen MR) is 129 cm³/mol. The third-order valence-electron chi connectivity index (χ3n) is 5.42. The normalized spacial score (nSPS) is 14.0. The van der Waals surface area contributed by atoms with Crippen LogP contribution in [-0.2, 0) is 14.6 Å². The van der Waals surface area contributed by atoms with Crippen molar-refractivity contribution in [3.05, 3.63) is 89.7 Å². The minimum atomic E-state index is -3.42. The lowest BCUT2D eigenvalue weighted by atomic mass is 9.92. The molecular formula is C25H26N2O7S. The van der Waals surface area contributed by atoms with Crippen molar-refractivity contribution in [3.8, 4) is 11.1 Å². The SMILES string of the molecule is CS(=O)(=O)CC[C@H](NC(=O)c1ccc(C(O)C(O)c2cccnc2)cc1-c1ccccc1)C(=O)O. The van der Waals surface area contributed by atoms with Crippen LogP contribution in [0.15, 0.2) is 73.1 Å². The summed E-state index contributed by atoms with van der Waals surface area (Å²) in [7, 11) is -3.42. The fourth-order valence-electron chi connectivity index (χ4n) is 3.54. The van der Waals surface area contributed by atoms with E-state index in [4.69, 9.17) is 0 Å². The van der Waals surface area contributed by atoms with Gasteiger partial charge in [0, 0.05) is 29.8 Å². The van der Waals surface area contributed by atoms with Crippen molar-refractivity contribution >= 4 is 21.7 Å².